The van der Waals surface area contributed by atoms with E-state index in [1.165, 1.54) is 103 Å². The van der Waals surface area contributed by atoms with Crippen molar-refractivity contribution in [2.75, 3.05) is 14.2 Å². The van der Waals surface area contributed by atoms with Crippen LogP contribution in [0.1, 0.15) is 94.2 Å². The Bertz CT molecular complexity index is 1750. The van der Waals surface area contributed by atoms with Crippen molar-refractivity contribution in [3.05, 3.63) is 89.7 Å². The fourth-order valence-corrected chi connectivity index (χ4v) is 12.8. The molecule has 0 spiro atoms. The van der Waals surface area contributed by atoms with E-state index < -0.39 is 7.92 Å². The first-order valence-corrected chi connectivity index (χ1v) is 20.0. The Labute approximate surface area is 311 Å². The second-order valence-electron chi connectivity index (χ2n) is 13.9. The van der Waals surface area contributed by atoms with Crippen molar-refractivity contribution in [3.8, 4) is 22.6 Å². The predicted octanol–water partition coefficient (Wildman–Crippen LogP) is 11.2. The van der Waals surface area contributed by atoms with Crippen LogP contribution in [0, 0.1) is 13.8 Å². The number of nitrogens with zero attached hydrogens (tertiary/aromatic N) is 2. The van der Waals surface area contributed by atoms with Crippen LogP contribution in [-0.2, 0) is 28.8 Å². The van der Waals surface area contributed by atoms with Crippen molar-refractivity contribution in [1.82, 2.24) is 9.97 Å². The molecule has 0 saturated heterocycles. The summed E-state index contributed by atoms with van der Waals surface area (Å²) in [5.74, 6) is 1.97. The van der Waals surface area contributed by atoms with E-state index in [1.54, 1.807) is 12.4 Å². The summed E-state index contributed by atoms with van der Waals surface area (Å²) in [4.78, 5) is 8.90. The zero-order valence-electron chi connectivity index (χ0n) is 30.1. The molecule has 2 aliphatic rings. The molecule has 2 aliphatic carbocycles. The van der Waals surface area contributed by atoms with Gasteiger partial charge < -0.3 is 9.47 Å². The quantitative estimate of drug-likeness (QED) is 0.0886. The van der Waals surface area contributed by atoms with E-state index in [1.807, 2.05) is 31.6 Å². The number of fused-ring (bicyclic) bond motifs is 3. The third-order valence-corrected chi connectivity index (χ3v) is 14.8. The third kappa shape index (κ3) is 8.26. The summed E-state index contributed by atoms with van der Waals surface area (Å²) in [6, 6.07) is 22.0. The Morgan fingerprint density at radius 2 is 1.22 bits per heavy atom. The van der Waals surface area contributed by atoms with E-state index in [4.69, 9.17) is 9.47 Å². The maximum atomic E-state index is 6.08. The van der Waals surface area contributed by atoms with Crippen molar-refractivity contribution in [2.45, 2.75) is 109 Å². The Morgan fingerprint density at radius 1 is 0.673 bits per heavy atom. The second kappa shape index (κ2) is 18.0. The van der Waals surface area contributed by atoms with Gasteiger partial charge in [-0.25, -0.2) is 0 Å². The van der Waals surface area contributed by atoms with Crippen LogP contribution in [0.15, 0.2) is 73.1 Å². The molecule has 0 atom stereocenters. The number of benzene rings is 3. The van der Waals surface area contributed by atoms with E-state index >= 15 is 0 Å². The zero-order chi connectivity index (χ0) is 33.5. The van der Waals surface area contributed by atoms with Gasteiger partial charge in [-0.2, -0.15) is 0 Å². The van der Waals surface area contributed by atoms with Crippen LogP contribution in [0.2, 0.25) is 0 Å². The van der Waals surface area contributed by atoms with Crippen LogP contribution >= 0.6 is 7.92 Å². The molecule has 3 aromatic carbocycles. The maximum Gasteiger partial charge on any atom is 0.133 e. The predicted molar refractivity (Wildman–Crippen MR) is 207 cm³/mol. The average molecular weight is 859 g/mol. The molecule has 4 nitrogen and oxygen atoms in total. The second-order valence-corrected chi connectivity index (χ2v) is 17.0. The molecule has 2 aromatic heterocycles. The van der Waals surface area contributed by atoms with Gasteiger partial charge in [-0.15, -0.1) is 0 Å². The van der Waals surface area contributed by atoms with Gasteiger partial charge in [-0.1, -0.05) is 62.6 Å². The number of hydrogen-bond donors (Lipinski definition) is 0. The summed E-state index contributed by atoms with van der Waals surface area (Å²) in [5.41, 5.74) is 10.2. The molecule has 0 N–H and O–H groups in total. The summed E-state index contributed by atoms with van der Waals surface area (Å²) in [6.45, 7) is 6.45. The zero-order valence-corrected chi connectivity index (χ0v) is 33.2. The van der Waals surface area contributed by atoms with Crippen molar-refractivity contribution in [3.63, 3.8) is 0 Å². The smallest absolute Gasteiger partial charge is 0.133 e. The summed E-state index contributed by atoms with van der Waals surface area (Å²) < 4.78 is 12.0. The standard InChI is InChI=1S/C29H41O2P.C14H12N2.Au/c1-4-13-22-20-21-26(30-2)28(29(22)31-3)25-18-11-12-19-27(25)32(23-14-7-5-8-15-23)24-16-9-6-10-17-24;1-9-5-7-15-13-11(9)3-4-12-10(2)6-8-16-14(12)13;/h11-12,18-21,23-24H,4-10,13-17H2,1-3H3;3-8H,1-2H3;/p+1. The number of methoxy groups -OCH3 is 2. The van der Waals surface area contributed by atoms with E-state index in [0.717, 1.165) is 46.7 Å². The SMILES string of the molecule is CCCc1ccc(OC)c(-c2ccccc2[PH+](C2CCCCC2)C2CCCCC2)c1OC.Cc1ccnc2c1ccc1c(C)ccnc12.[Au]. The molecule has 0 aliphatic heterocycles. The normalized spacial score (nSPS) is 15.5. The van der Waals surface area contributed by atoms with Gasteiger partial charge in [0.15, 0.2) is 0 Å². The Balaban J connectivity index is 0.000000230. The van der Waals surface area contributed by atoms with Gasteiger partial charge in [0.05, 0.1) is 42.1 Å². The van der Waals surface area contributed by atoms with Gasteiger partial charge >= 0.3 is 0 Å². The van der Waals surface area contributed by atoms with Gasteiger partial charge in [0, 0.05) is 59.0 Å². The molecule has 1 radical (unpaired) electrons. The molecule has 2 saturated carbocycles. The Kier molecular flexibility index (Phi) is 13.7. The largest absolute Gasteiger partial charge is 0.496 e. The molecule has 7 rings (SSSR count). The minimum absolute atomic E-state index is 0. The van der Waals surface area contributed by atoms with Gasteiger partial charge in [-0.05, 0) is 113 Å². The van der Waals surface area contributed by atoms with Crippen molar-refractivity contribution >= 4 is 35.0 Å². The van der Waals surface area contributed by atoms with Crippen molar-refractivity contribution in [1.29, 1.82) is 0 Å². The Morgan fingerprint density at radius 3 is 1.73 bits per heavy atom. The summed E-state index contributed by atoms with van der Waals surface area (Å²) in [6.07, 6.45) is 20.1. The summed E-state index contributed by atoms with van der Waals surface area (Å²) in [5, 5.41) is 4.02. The van der Waals surface area contributed by atoms with Crippen LogP contribution in [0.5, 0.6) is 11.5 Å². The van der Waals surface area contributed by atoms with Crippen molar-refractivity contribution in [2.24, 2.45) is 0 Å². The molecular formula is C43H54AuN2O2P+. The van der Waals surface area contributed by atoms with E-state index in [-0.39, 0.29) is 22.4 Å². The fraction of sp³-hybridized carbons (Fsp3) is 0.442. The van der Waals surface area contributed by atoms with Crippen molar-refractivity contribution < 1.29 is 31.9 Å². The van der Waals surface area contributed by atoms with E-state index in [0.29, 0.717) is 0 Å². The van der Waals surface area contributed by atoms with E-state index in [2.05, 4.69) is 79.3 Å². The fourth-order valence-electron chi connectivity index (χ4n) is 8.39. The van der Waals surface area contributed by atoms with Crippen LogP contribution in [0.4, 0.5) is 0 Å². The van der Waals surface area contributed by atoms with Crippen LogP contribution in [-0.4, -0.2) is 35.5 Å². The molecule has 2 heterocycles. The topological polar surface area (TPSA) is 44.2 Å². The van der Waals surface area contributed by atoms with Gasteiger partial charge in [0.25, 0.3) is 0 Å². The van der Waals surface area contributed by atoms with Gasteiger partial charge in [0.1, 0.15) is 16.8 Å². The molecule has 6 heteroatoms. The van der Waals surface area contributed by atoms with Gasteiger partial charge in [-0.3, -0.25) is 9.97 Å². The minimum Gasteiger partial charge on any atom is -0.496 e. The molecule has 2 fully saturated rings. The van der Waals surface area contributed by atoms with Gasteiger partial charge in [0.2, 0.25) is 0 Å². The molecule has 0 unspecified atom stereocenters. The Hall–Kier alpha value is -2.75. The number of ether oxygens (including phenoxy) is 2. The number of aromatic nitrogens is 2. The number of aryl methyl sites for hydroxylation is 3. The first kappa shape index (κ1) is 37.5. The molecule has 0 bridgehead atoms. The summed E-state index contributed by atoms with van der Waals surface area (Å²) in [7, 11) is 2.94. The van der Waals surface area contributed by atoms with Crippen LogP contribution < -0.4 is 14.8 Å². The number of pyridine rings is 2. The number of hydrogen-bond acceptors (Lipinski definition) is 4. The molecule has 49 heavy (non-hydrogen) atoms. The first-order chi connectivity index (χ1) is 23.5. The first-order valence-electron chi connectivity index (χ1n) is 18.4. The van der Waals surface area contributed by atoms with Crippen LogP contribution in [0.3, 0.4) is 0 Å². The monoisotopic (exact) mass is 858 g/mol. The minimum atomic E-state index is -0.685. The molecule has 263 valence electrons. The number of rotatable bonds is 8. The molecule has 5 aromatic rings. The molecular weight excluding hydrogens is 804 g/mol. The molecule has 0 amide bonds. The third-order valence-electron chi connectivity index (χ3n) is 10.8. The maximum absolute atomic E-state index is 6.08. The van der Waals surface area contributed by atoms with Crippen LogP contribution in [0.25, 0.3) is 32.9 Å². The average Bonchev–Trinajstić information content (AvgIpc) is 3.13. The van der Waals surface area contributed by atoms with E-state index in [9.17, 15) is 0 Å². The summed E-state index contributed by atoms with van der Waals surface area (Å²) >= 11 is 0.